The summed E-state index contributed by atoms with van der Waals surface area (Å²) >= 11 is 1.59. The Hall–Kier alpha value is -1.04. The Kier molecular flexibility index (Phi) is 6.78. The maximum atomic E-state index is 10.7. The summed E-state index contributed by atoms with van der Waals surface area (Å²) in [6.07, 6.45) is -0.218. The average Bonchev–Trinajstić information content (AvgIpc) is 2.37. The maximum absolute atomic E-state index is 10.7. The van der Waals surface area contributed by atoms with Crippen LogP contribution in [0.5, 0.6) is 0 Å². The molecule has 0 spiro atoms. The predicted octanol–water partition coefficient (Wildman–Crippen LogP) is 2.88. The lowest BCUT2D eigenvalue weighted by Gasteiger charge is -2.16. The van der Waals surface area contributed by atoms with Crippen LogP contribution in [0.4, 0.5) is 0 Å². The largest absolute Gasteiger partial charge is 0.478 e. The van der Waals surface area contributed by atoms with E-state index < -0.39 is 5.97 Å². The van der Waals surface area contributed by atoms with Crippen molar-refractivity contribution in [3.05, 3.63) is 29.8 Å². The van der Waals surface area contributed by atoms with E-state index in [1.807, 2.05) is 13.8 Å². The number of hydrogen-bond donors (Lipinski definition) is 1. The van der Waals surface area contributed by atoms with Crippen LogP contribution in [0.1, 0.15) is 24.2 Å². The number of carbonyl (C=O) groups is 1. The molecule has 0 heterocycles. The monoisotopic (exact) mass is 270 g/mol. The van der Waals surface area contributed by atoms with Crippen molar-refractivity contribution < 1.29 is 19.4 Å². The van der Waals surface area contributed by atoms with Crippen molar-refractivity contribution in [1.82, 2.24) is 0 Å². The maximum Gasteiger partial charge on any atom is 0.335 e. The van der Waals surface area contributed by atoms with Crippen LogP contribution in [0.2, 0.25) is 0 Å². The minimum Gasteiger partial charge on any atom is -0.478 e. The van der Waals surface area contributed by atoms with Crippen LogP contribution < -0.4 is 0 Å². The molecule has 0 saturated carbocycles. The third-order valence-corrected chi connectivity index (χ3v) is 3.24. The minimum atomic E-state index is -0.909. The van der Waals surface area contributed by atoms with Gasteiger partial charge in [-0.1, -0.05) is 0 Å². The Balaban J connectivity index is 2.48. The molecule has 4 nitrogen and oxygen atoms in total. The third kappa shape index (κ3) is 5.08. The summed E-state index contributed by atoms with van der Waals surface area (Å²) < 4.78 is 10.9. The lowest BCUT2D eigenvalue weighted by molar-refractivity contribution is -0.120. The van der Waals surface area contributed by atoms with Crippen molar-refractivity contribution in [1.29, 1.82) is 0 Å². The van der Waals surface area contributed by atoms with Gasteiger partial charge < -0.3 is 14.6 Å². The first-order valence-corrected chi connectivity index (χ1v) is 6.85. The standard InChI is InChI=1S/C13H18O4S/c1-3-16-12(17-4-2)9-18-11-7-5-10(6-8-11)13(14)15/h5-8,12H,3-4,9H2,1-2H3,(H,14,15). The Morgan fingerprint density at radius 3 is 2.22 bits per heavy atom. The zero-order chi connectivity index (χ0) is 13.4. The van der Waals surface area contributed by atoms with Crippen LogP contribution in [-0.2, 0) is 9.47 Å². The van der Waals surface area contributed by atoms with Gasteiger partial charge in [0.2, 0.25) is 0 Å². The summed E-state index contributed by atoms with van der Waals surface area (Å²) in [4.78, 5) is 11.7. The van der Waals surface area contributed by atoms with Crippen LogP contribution >= 0.6 is 11.8 Å². The highest BCUT2D eigenvalue weighted by Gasteiger charge is 2.09. The molecule has 1 N–H and O–H groups in total. The van der Waals surface area contributed by atoms with Crippen LogP contribution in [0, 0.1) is 0 Å². The fourth-order valence-corrected chi connectivity index (χ4v) is 2.22. The van der Waals surface area contributed by atoms with Crippen molar-refractivity contribution >= 4 is 17.7 Å². The van der Waals surface area contributed by atoms with E-state index in [1.165, 1.54) is 0 Å². The molecule has 0 aliphatic rings. The molecule has 0 atom stereocenters. The molecule has 5 heteroatoms. The molecule has 0 unspecified atom stereocenters. The molecule has 18 heavy (non-hydrogen) atoms. The second-order valence-corrected chi connectivity index (χ2v) is 4.57. The molecule has 1 aromatic carbocycles. The van der Waals surface area contributed by atoms with Crippen molar-refractivity contribution in [2.24, 2.45) is 0 Å². The van der Waals surface area contributed by atoms with Gasteiger partial charge in [-0.15, -0.1) is 11.8 Å². The van der Waals surface area contributed by atoms with Gasteiger partial charge in [-0.05, 0) is 38.1 Å². The number of carboxylic acid groups (broad SMARTS) is 1. The lowest BCUT2D eigenvalue weighted by Crippen LogP contribution is -2.19. The molecule has 0 bridgehead atoms. The number of hydrogen-bond acceptors (Lipinski definition) is 4. The Labute approximate surface area is 111 Å². The fraction of sp³-hybridized carbons (Fsp3) is 0.462. The smallest absolute Gasteiger partial charge is 0.335 e. The van der Waals surface area contributed by atoms with E-state index in [0.29, 0.717) is 24.5 Å². The predicted molar refractivity (Wildman–Crippen MR) is 71.2 cm³/mol. The highest BCUT2D eigenvalue weighted by molar-refractivity contribution is 7.99. The molecule has 0 amide bonds. The average molecular weight is 270 g/mol. The number of benzene rings is 1. The second kappa shape index (κ2) is 8.13. The van der Waals surface area contributed by atoms with Crippen LogP contribution in [-0.4, -0.2) is 36.3 Å². The second-order valence-electron chi connectivity index (χ2n) is 3.48. The molecular weight excluding hydrogens is 252 g/mol. The van der Waals surface area contributed by atoms with Crippen LogP contribution in [0.15, 0.2) is 29.2 Å². The van der Waals surface area contributed by atoms with Crippen molar-refractivity contribution in [2.45, 2.75) is 25.0 Å². The van der Waals surface area contributed by atoms with Crippen LogP contribution in [0.3, 0.4) is 0 Å². The first-order chi connectivity index (χ1) is 8.67. The van der Waals surface area contributed by atoms with E-state index in [1.54, 1.807) is 36.0 Å². The van der Waals surface area contributed by atoms with E-state index in [4.69, 9.17) is 14.6 Å². The first-order valence-electron chi connectivity index (χ1n) is 5.86. The van der Waals surface area contributed by atoms with Gasteiger partial charge in [-0.25, -0.2) is 4.79 Å². The molecule has 1 aromatic rings. The van der Waals surface area contributed by atoms with Gasteiger partial charge in [0.15, 0.2) is 6.29 Å². The van der Waals surface area contributed by atoms with Gasteiger partial charge in [0.05, 0.1) is 5.56 Å². The Morgan fingerprint density at radius 1 is 1.22 bits per heavy atom. The van der Waals surface area contributed by atoms with Gasteiger partial charge in [0, 0.05) is 23.9 Å². The highest BCUT2D eigenvalue weighted by atomic mass is 32.2. The fourth-order valence-electron chi connectivity index (χ4n) is 1.37. The van der Waals surface area contributed by atoms with E-state index >= 15 is 0 Å². The number of thioether (sulfide) groups is 1. The highest BCUT2D eigenvalue weighted by Crippen LogP contribution is 2.20. The molecule has 0 aliphatic carbocycles. The summed E-state index contributed by atoms with van der Waals surface area (Å²) in [6.45, 7) is 5.09. The van der Waals surface area contributed by atoms with Gasteiger partial charge >= 0.3 is 5.97 Å². The number of ether oxygens (including phenoxy) is 2. The number of aromatic carboxylic acids is 1. The van der Waals surface area contributed by atoms with Gasteiger partial charge in [-0.3, -0.25) is 0 Å². The summed E-state index contributed by atoms with van der Waals surface area (Å²) in [5, 5.41) is 8.79. The lowest BCUT2D eigenvalue weighted by atomic mass is 10.2. The third-order valence-electron chi connectivity index (χ3n) is 2.19. The number of carboxylic acids is 1. The van der Waals surface area contributed by atoms with Crippen molar-refractivity contribution in [2.75, 3.05) is 19.0 Å². The van der Waals surface area contributed by atoms with E-state index in [2.05, 4.69) is 0 Å². The molecule has 0 radical (unpaired) electrons. The quantitative estimate of drug-likeness (QED) is 0.581. The van der Waals surface area contributed by atoms with Gasteiger partial charge in [0.25, 0.3) is 0 Å². The molecule has 100 valence electrons. The molecule has 0 saturated heterocycles. The van der Waals surface area contributed by atoms with Gasteiger partial charge in [0.1, 0.15) is 0 Å². The SMILES string of the molecule is CCOC(CSc1ccc(C(=O)O)cc1)OCC. The molecule has 0 aliphatic heterocycles. The summed E-state index contributed by atoms with van der Waals surface area (Å²) in [5.74, 6) is -0.221. The molecule has 1 rings (SSSR count). The molecule has 0 fully saturated rings. The summed E-state index contributed by atoms with van der Waals surface area (Å²) in [5.41, 5.74) is 0.297. The topological polar surface area (TPSA) is 55.8 Å². The normalized spacial score (nSPS) is 10.8. The van der Waals surface area contributed by atoms with Crippen molar-refractivity contribution in [3.8, 4) is 0 Å². The number of rotatable bonds is 8. The first kappa shape index (κ1) is 15.0. The zero-order valence-corrected chi connectivity index (χ0v) is 11.4. The van der Waals surface area contributed by atoms with E-state index in [9.17, 15) is 4.79 Å². The Morgan fingerprint density at radius 2 is 1.78 bits per heavy atom. The minimum absolute atomic E-state index is 0.218. The van der Waals surface area contributed by atoms with Crippen LogP contribution in [0.25, 0.3) is 0 Å². The van der Waals surface area contributed by atoms with Crippen molar-refractivity contribution in [3.63, 3.8) is 0 Å². The van der Waals surface area contributed by atoms with E-state index in [-0.39, 0.29) is 6.29 Å². The Bertz CT molecular complexity index is 358. The van der Waals surface area contributed by atoms with Gasteiger partial charge in [-0.2, -0.15) is 0 Å². The summed E-state index contributed by atoms with van der Waals surface area (Å²) in [7, 11) is 0. The summed E-state index contributed by atoms with van der Waals surface area (Å²) in [6, 6.07) is 6.79. The molecular formula is C13H18O4S. The molecule has 0 aromatic heterocycles. The zero-order valence-electron chi connectivity index (χ0n) is 10.6. The van der Waals surface area contributed by atoms with E-state index in [0.717, 1.165) is 4.90 Å².